The van der Waals surface area contributed by atoms with E-state index in [0.717, 1.165) is 31.9 Å². The lowest BCUT2D eigenvalue weighted by Gasteiger charge is -2.35. The molecule has 116 valence electrons. The molecule has 0 aromatic heterocycles. The Labute approximate surface area is 131 Å². The molecular weight excluding hydrogens is 310 g/mol. The molecule has 21 heavy (non-hydrogen) atoms. The second-order valence-electron chi connectivity index (χ2n) is 5.58. The first-order valence-corrected chi connectivity index (χ1v) is 9.35. The van der Waals surface area contributed by atoms with E-state index in [0.29, 0.717) is 5.56 Å². The van der Waals surface area contributed by atoms with E-state index < -0.39 is 9.84 Å². The molecule has 1 saturated carbocycles. The zero-order valence-corrected chi connectivity index (χ0v) is 13.8. The van der Waals surface area contributed by atoms with Crippen LogP contribution in [0.25, 0.3) is 0 Å². The van der Waals surface area contributed by atoms with Crippen molar-refractivity contribution in [3.63, 3.8) is 0 Å². The van der Waals surface area contributed by atoms with E-state index in [4.69, 9.17) is 11.6 Å². The molecule has 4 nitrogen and oxygen atoms in total. The first kappa shape index (κ1) is 16.3. The smallest absolute Gasteiger partial charge is 0.253 e. The van der Waals surface area contributed by atoms with Gasteiger partial charge in [-0.1, -0.05) is 12.8 Å². The number of carbonyl (C=O) groups is 1. The minimum Gasteiger partial charge on any atom is -0.337 e. The van der Waals surface area contributed by atoms with Crippen LogP contribution in [0.4, 0.5) is 0 Å². The maximum atomic E-state index is 12.5. The van der Waals surface area contributed by atoms with Crippen LogP contribution in [-0.2, 0) is 9.84 Å². The second-order valence-corrected chi connectivity index (χ2v) is 8.16. The summed E-state index contributed by atoms with van der Waals surface area (Å²) in [5.41, 5.74) is 0.486. The minimum atomic E-state index is -3.24. The van der Waals surface area contributed by atoms with Crippen molar-refractivity contribution in [3.8, 4) is 0 Å². The predicted molar refractivity (Wildman–Crippen MR) is 83.5 cm³/mol. The largest absolute Gasteiger partial charge is 0.337 e. The van der Waals surface area contributed by atoms with E-state index >= 15 is 0 Å². The number of rotatable bonds is 3. The van der Waals surface area contributed by atoms with Crippen LogP contribution in [0.2, 0.25) is 0 Å². The molecule has 1 aliphatic carbocycles. The third kappa shape index (κ3) is 3.77. The fraction of sp³-hybridized carbons (Fsp3) is 0.533. The Bertz CT molecular complexity index is 612. The van der Waals surface area contributed by atoms with Gasteiger partial charge in [0.05, 0.1) is 10.3 Å². The van der Waals surface area contributed by atoms with Gasteiger partial charge in [-0.2, -0.15) is 0 Å². The zero-order valence-electron chi connectivity index (χ0n) is 12.3. The number of alkyl halides is 1. The molecule has 1 aromatic rings. The number of carbonyl (C=O) groups excluding carboxylic acids is 1. The van der Waals surface area contributed by atoms with Crippen LogP contribution < -0.4 is 0 Å². The SMILES string of the molecule is CN(C(=O)c1ccc(S(C)(=O)=O)cc1)C1CCCCC1Cl. The van der Waals surface area contributed by atoms with Crippen LogP contribution in [0, 0.1) is 0 Å². The highest BCUT2D eigenvalue weighted by Crippen LogP contribution is 2.27. The first-order chi connectivity index (χ1) is 9.80. The molecule has 2 rings (SSSR count). The maximum absolute atomic E-state index is 12.5. The van der Waals surface area contributed by atoms with Crippen LogP contribution in [0.15, 0.2) is 29.2 Å². The Morgan fingerprint density at radius 1 is 1.19 bits per heavy atom. The van der Waals surface area contributed by atoms with Gasteiger partial charge in [-0.05, 0) is 37.1 Å². The van der Waals surface area contributed by atoms with Crippen LogP contribution in [0.1, 0.15) is 36.0 Å². The summed E-state index contributed by atoms with van der Waals surface area (Å²) in [7, 11) is -1.48. The normalized spacial score (nSPS) is 22.8. The topological polar surface area (TPSA) is 54.5 Å². The van der Waals surface area contributed by atoms with Gasteiger partial charge in [0.2, 0.25) is 0 Å². The van der Waals surface area contributed by atoms with E-state index in [2.05, 4.69) is 0 Å². The molecule has 1 fully saturated rings. The lowest BCUT2D eigenvalue weighted by molar-refractivity contribution is 0.0700. The van der Waals surface area contributed by atoms with Gasteiger partial charge >= 0.3 is 0 Å². The third-order valence-corrected chi connectivity index (χ3v) is 5.63. The van der Waals surface area contributed by atoms with Crippen molar-refractivity contribution in [3.05, 3.63) is 29.8 Å². The Hall–Kier alpha value is -1.07. The van der Waals surface area contributed by atoms with E-state index in [1.807, 2.05) is 0 Å². The van der Waals surface area contributed by atoms with E-state index in [-0.39, 0.29) is 22.2 Å². The summed E-state index contributed by atoms with van der Waals surface area (Å²) in [6, 6.07) is 6.09. The van der Waals surface area contributed by atoms with Crippen molar-refractivity contribution in [1.82, 2.24) is 4.90 Å². The number of nitrogens with zero attached hydrogens (tertiary/aromatic N) is 1. The molecule has 0 aliphatic heterocycles. The predicted octanol–water partition coefficient (Wildman–Crippen LogP) is 2.71. The molecule has 0 saturated heterocycles. The molecule has 1 aliphatic rings. The summed E-state index contributed by atoms with van der Waals surface area (Å²) in [6.45, 7) is 0. The van der Waals surface area contributed by atoms with Crippen molar-refractivity contribution in [2.75, 3.05) is 13.3 Å². The summed E-state index contributed by atoms with van der Waals surface area (Å²) >= 11 is 6.32. The van der Waals surface area contributed by atoms with Gasteiger partial charge in [0.15, 0.2) is 9.84 Å². The molecule has 1 aromatic carbocycles. The third-order valence-electron chi connectivity index (χ3n) is 3.99. The molecule has 1 amide bonds. The van der Waals surface area contributed by atoms with Crippen LogP contribution >= 0.6 is 11.6 Å². The molecule has 0 spiro atoms. The van der Waals surface area contributed by atoms with E-state index in [1.165, 1.54) is 12.1 Å². The molecule has 0 radical (unpaired) electrons. The van der Waals surface area contributed by atoms with Crippen molar-refractivity contribution < 1.29 is 13.2 Å². The van der Waals surface area contributed by atoms with Crippen LogP contribution in [-0.4, -0.2) is 43.9 Å². The number of benzene rings is 1. The van der Waals surface area contributed by atoms with E-state index in [1.54, 1.807) is 24.1 Å². The number of sulfone groups is 1. The van der Waals surface area contributed by atoms with Gasteiger partial charge in [0.1, 0.15) is 0 Å². The van der Waals surface area contributed by atoms with Gasteiger partial charge < -0.3 is 4.90 Å². The number of hydrogen-bond acceptors (Lipinski definition) is 3. The van der Waals surface area contributed by atoms with Crippen molar-refractivity contribution in [1.29, 1.82) is 0 Å². The van der Waals surface area contributed by atoms with Gasteiger partial charge in [-0.3, -0.25) is 4.79 Å². The van der Waals surface area contributed by atoms with Gasteiger partial charge in [0, 0.05) is 24.9 Å². The minimum absolute atomic E-state index is 0.0111. The van der Waals surface area contributed by atoms with Crippen molar-refractivity contribution in [2.24, 2.45) is 0 Å². The number of amides is 1. The lowest BCUT2D eigenvalue weighted by atomic mass is 9.93. The maximum Gasteiger partial charge on any atom is 0.253 e. The summed E-state index contributed by atoms with van der Waals surface area (Å²) in [6.07, 6.45) is 5.18. The fourth-order valence-corrected chi connectivity index (χ4v) is 3.78. The Balaban J connectivity index is 2.15. The quantitative estimate of drug-likeness (QED) is 0.801. The Morgan fingerprint density at radius 2 is 1.76 bits per heavy atom. The second kappa shape index (κ2) is 6.36. The number of hydrogen-bond donors (Lipinski definition) is 0. The van der Waals surface area contributed by atoms with Crippen LogP contribution in [0.3, 0.4) is 0 Å². The van der Waals surface area contributed by atoms with Gasteiger partial charge in [-0.25, -0.2) is 8.42 Å². The average Bonchev–Trinajstić information content (AvgIpc) is 2.45. The molecular formula is C15H20ClNO3S. The first-order valence-electron chi connectivity index (χ1n) is 7.02. The van der Waals surface area contributed by atoms with Gasteiger partial charge in [0.25, 0.3) is 5.91 Å². The average molecular weight is 330 g/mol. The standard InChI is InChI=1S/C15H20ClNO3S/c1-17(14-6-4-3-5-13(14)16)15(18)11-7-9-12(10-8-11)21(2,19)20/h7-10,13-14H,3-6H2,1-2H3. The van der Waals surface area contributed by atoms with Crippen molar-refractivity contribution >= 4 is 27.3 Å². The van der Waals surface area contributed by atoms with Crippen LogP contribution in [0.5, 0.6) is 0 Å². The summed E-state index contributed by atoms with van der Waals surface area (Å²) in [5, 5.41) is -0.0111. The molecule has 6 heteroatoms. The van der Waals surface area contributed by atoms with Gasteiger partial charge in [-0.15, -0.1) is 11.6 Å². The highest BCUT2D eigenvalue weighted by molar-refractivity contribution is 7.90. The highest BCUT2D eigenvalue weighted by Gasteiger charge is 2.29. The molecule has 2 atom stereocenters. The fourth-order valence-electron chi connectivity index (χ4n) is 2.70. The Morgan fingerprint density at radius 3 is 2.29 bits per heavy atom. The Kier molecular flexibility index (Phi) is 4.94. The van der Waals surface area contributed by atoms with E-state index in [9.17, 15) is 13.2 Å². The summed E-state index contributed by atoms with van der Waals surface area (Å²) in [4.78, 5) is 14.4. The highest BCUT2D eigenvalue weighted by atomic mass is 35.5. The molecule has 2 unspecified atom stereocenters. The summed E-state index contributed by atoms with van der Waals surface area (Å²) in [5.74, 6) is -0.118. The van der Waals surface area contributed by atoms with Crippen molar-refractivity contribution in [2.45, 2.75) is 42.0 Å². The monoisotopic (exact) mass is 329 g/mol. The lowest BCUT2D eigenvalue weighted by Crippen LogP contribution is -2.44. The molecule has 0 N–H and O–H groups in total. The summed E-state index contributed by atoms with van der Waals surface area (Å²) < 4.78 is 22.9. The zero-order chi connectivity index (χ0) is 15.6. The molecule has 0 heterocycles. The molecule has 0 bridgehead atoms. The number of halogens is 1.